The minimum absolute atomic E-state index is 0.187. The number of amides is 1. The fourth-order valence-corrected chi connectivity index (χ4v) is 5.15. The fraction of sp³-hybridized carbons (Fsp3) is 0.100. The molecule has 3 aromatic heterocycles. The van der Waals surface area contributed by atoms with E-state index in [9.17, 15) is 14.4 Å². The molecule has 6 aromatic rings. The van der Waals surface area contributed by atoms with Gasteiger partial charge in [0, 0.05) is 34.2 Å². The first-order valence-electron chi connectivity index (χ1n) is 13.0. The molecule has 13 heteroatoms. The standard InChI is InChI=1S/C30H23ClN8O4/c1-43-26-15-38(27(40)14-21(26)20-13-19(31)8-10-24(20)39-16-33-36-37-39)25(11-17-5-3-2-4-6-17)29-34-23-9-7-18(28(32)41)12-22(23)30(42)35-29/h2-10,12-16,25H,11H2,1H3,(H2,32,41)(H,34,35,42). The Hall–Kier alpha value is -5.62. The van der Waals surface area contributed by atoms with Gasteiger partial charge in [-0.25, -0.2) is 0 Å². The quantitative estimate of drug-likeness (QED) is 0.271. The number of aromatic amines is 1. The van der Waals surface area contributed by atoms with Crippen molar-refractivity contribution < 1.29 is 9.53 Å². The molecule has 0 bridgehead atoms. The fourth-order valence-electron chi connectivity index (χ4n) is 4.98. The normalized spacial score (nSPS) is 11.9. The largest absolute Gasteiger partial charge is 0.495 e. The number of hydrogen-bond acceptors (Lipinski definition) is 8. The van der Waals surface area contributed by atoms with Crippen LogP contribution in [0.4, 0.5) is 0 Å². The number of methoxy groups -OCH3 is 1. The van der Waals surface area contributed by atoms with Crippen molar-refractivity contribution in [2.75, 3.05) is 7.11 Å². The van der Waals surface area contributed by atoms with Crippen LogP contribution in [-0.2, 0) is 6.42 Å². The summed E-state index contributed by atoms with van der Waals surface area (Å²) in [5.74, 6) is -0.0419. The van der Waals surface area contributed by atoms with Crippen LogP contribution in [0, 0.1) is 0 Å². The number of primary amides is 1. The summed E-state index contributed by atoms with van der Waals surface area (Å²) in [6.45, 7) is 0. The highest BCUT2D eigenvalue weighted by Gasteiger charge is 2.23. The minimum Gasteiger partial charge on any atom is -0.495 e. The van der Waals surface area contributed by atoms with Gasteiger partial charge in [0.2, 0.25) is 5.91 Å². The third-order valence-corrected chi connectivity index (χ3v) is 7.29. The van der Waals surface area contributed by atoms with Gasteiger partial charge in [-0.3, -0.25) is 14.4 Å². The van der Waals surface area contributed by atoms with Crippen LogP contribution >= 0.6 is 11.6 Å². The first kappa shape index (κ1) is 27.5. The molecular weight excluding hydrogens is 572 g/mol. The zero-order valence-corrected chi connectivity index (χ0v) is 23.4. The zero-order valence-electron chi connectivity index (χ0n) is 22.6. The summed E-state index contributed by atoms with van der Waals surface area (Å²) < 4.78 is 8.70. The van der Waals surface area contributed by atoms with E-state index in [1.54, 1.807) is 30.5 Å². The summed E-state index contributed by atoms with van der Waals surface area (Å²) in [7, 11) is 1.49. The smallest absolute Gasteiger partial charge is 0.280 e. The Bertz CT molecular complexity index is 2090. The van der Waals surface area contributed by atoms with Gasteiger partial charge in [-0.05, 0) is 52.4 Å². The zero-order chi connectivity index (χ0) is 30.1. The van der Waals surface area contributed by atoms with Crippen molar-refractivity contribution in [3.63, 3.8) is 0 Å². The number of hydrogen-bond donors (Lipinski definition) is 2. The summed E-state index contributed by atoms with van der Waals surface area (Å²) in [5.41, 5.74) is 7.61. The number of rotatable bonds is 8. The molecule has 0 aliphatic heterocycles. The van der Waals surface area contributed by atoms with E-state index in [4.69, 9.17) is 22.1 Å². The molecule has 0 saturated heterocycles. The Kier molecular flexibility index (Phi) is 7.26. The monoisotopic (exact) mass is 594 g/mol. The number of nitrogens with zero attached hydrogens (tertiary/aromatic N) is 6. The molecule has 43 heavy (non-hydrogen) atoms. The first-order valence-corrected chi connectivity index (χ1v) is 13.4. The molecule has 6 rings (SSSR count). The van der Waals surface area contributed by atoms with Gasteiger partial charge in [0.1, 0.15) is 17.9 Å². The number of ether oxygens (including phenoxy) is 1. The van der Waals surface area contributed by atoms with Crippen molar-refractivity contribution in [3.8, 4) is 22.6 Å². The Morgan fingerprint density at radius 2 is 1.86 bits per heavy atom. The molecule has 3 aromatic carbocycles. The van der Waals surface area contributed by atoms with Crippen LogP contribution in [0.3, 0.4) is 0 Å². The summed E-state index contributed by atoms with van der Waals surface area (Å²) >= 11 is 6.35. The lowest BCUT2D eigenvalue weighted by molar-refractivity contribution is 0.100. The van der Waals surface area contributed by atoms with Gasteiger partial charge in [0.05, 0.1) is 35.9 Å². The third kappa shape index (κ3) is 5.38. The molecule has 0 aliphatic carbocycles. The Balaban J connectivity index is 1.54. The highest BCUT2D eigenvalue weighted by molar-refractivity contribution is 6.31. The number of nitrogens with one attached hydrogen (secondary N) is 1. The number of halogens is 1. The number of carbonyl (C=O) groups is 1. The second-order valence-electron chi connectivity index (χ2n) is 9.67. The summed E-state index contributed by atoms with van der Waals surface area (Å²) in [6.07, 6.45) is 3.34. The Labute approximate surface area is 248 Å². The topological polar surface area (TPSA) is 164 Å². The van der Waals surface area contributed by atoms with Gasteiger partial charge in [0.15, 0.2) is 0 Å². The number of nitrogens with two attached hydrogens (primary N) is 1. The van der Waals surface area contributed by atoms with Gasteiger partial charge in [-0.2, -0.15) is 9.67 Å². The lowest BCUT2D eigenvalue weighted by atomic mass is 10.0. The van der Waals surface area contributed by atoms with Crippen LogP contribution < -0.4 is 21.6 Å². The van der Waals surface area contributed by atoms with Crippen molar-refractivity contribution in [3.05, 3.63) is 128 Å². The van der Waals surface area contributed by atoms with Crippen LogP contribution in [0.5, 0.6) is 5.75 Å². The highest BCUT2D eigenvalue weighted by Crippen LogP contribution is 2.35. The van der Waals surface area contributed by atoms with Crippen LogP contribution in [0.25, 0.3) is 27.7 Å². The molecule has 214 valence electrons. The lowest BCUT2D eigenvalue weighted by Crippen LogP contribution is -2.29. The van der Waals surface area contributed by atoms with E-state index in [2.05, 4.69) is 25.5 Å². The maximum Gasteiger partial charge on any atom is 0.280 e. The van der Waals surface area contributed by atoms with Crippen molar-refractivity contribution >= 4 is 28.4 Å². The van der Waals surface area contributed by atoms with Crippen LogP contribution in [0.2, 0.25) is 5.02 Å². The van der Waals surface area contributed by atoms with Crippen LogP contribution in [0.15, 0.2) is 94.9 Å². The number of fused-ring (bicyclic) bond motifs is 1. The van der Waals surface area contributed by atoms with Crippen molar-refractivity contribution in [1.82, 2.24) is 34.7 Å². The number of pyridine rings is 1. The van der Waals surface area contributed by atoms with Crippen LogP contribution in [-0.4, -0.2) is 47.8 Å². The minimum atomic E-state index is -0.732. The third-order valence-electron chi connectivity index (χ3n) is 7.05. The van der Waals surface area contributed by atoms with Gasteiger partial charge >= 0.3 is 0 Å². The molecule has 12 nitrogen and oxygen atoms in total. The highest BCUT2D eigenvalue weighted by atomic mass is 35.5. The number of carbonyl (C=O) groups excluding carboxylic acids is 1. The van der Waals surface area contributed by atoms with E-state index < -0.39 is 17.5 Å². The van der Waals surface area contributed by atoms with E-state index in [0.717, 1.165) is 5.56 Å². The molecule has 0 radical (unpaired) electrons. The molecule has 0 spiro atoms. The second kappa shape index (κ2) is 11.3. The molecule has 0 aliphatic rings. The molecule has 1 amide bonds. The van der Waals surface area contributed by atoms with Crippen molar-refractivity contribution in [2.24, 2.45) is 5.73 Å². The molecule has 1 unspecified atom stereocenters. The Morgan fingerprint density at radius 3 is 2.58 bits per heavy atom. The van der Waals surface area contributed by atoms with E-state index in [0.29, 0.717) is 39.5 Å². The molecule has 1 atom stereocenters. The predicted molar refractivity (Wildman–Crippen MR) is 160 cm³/mol. The average molecular weight is 595 g/mol. The molecule has 3 heterocycles. The van der Waals surface area contributed by atoms with Gasteiger partial charge in [-0.15, -0.1) is 5.10 Å². The van der Waals surface area contributed by atoms with Crippen molar-refractivity contribution in [1.29, 1.82) is 0 Å². The summed E-state index contributed by atoms with van der Waals surface area (Å²) in [5, 5.41) is 12.1. The number of tetrazole rings is 1. The maximum atomic E-state index is 13.9. The van der Waals surface area contributed by atoms with Gasteiger partial charge < -0.3 is 20.0 Å². The molecule has 3 N–H and O–H groups in total. The number of benzene rings is 3. The molecule has 0 fully saturated rings. The van der Waals surface area contributed by atoms with E-state index in [1.807, 2.05) is 30.3 Å². The van der Waals surface area contributed by atoms with Gasteiger partial charge in [-0.1, -0.05) is 41.9 Å². The average Bonchev–Trinajstić information content (AvgIpc) is 3.55. The predicted octanol–water partition coefficient (Wildman–Crippen LogP) is 3.32. The lowest BCUT2D eigenvalue weighted by Gasteiger charge is -2.22. The molecule has 0 saturated carbocycles. The number of H-pyrrole nitrogens is 1. The summed E-state index contributed by atoms with van der Waals surface area (Å²) in [6, 6.07) is 19.9. The van der Waals surface area contributed by atoms with E-state index in [1.165, 1.54) is 40.9 Å². The van der Waals surface area contributed by atoms with E-state index >= 15 is 0 Å². The van der Waals surface area contributed by atoms with Crippen molar-refractivity contribution in [2.45, 2.75) is 12.5 Å². The molecular formula is C30H23ClN8O4. The maximum absolute atomic E-state index is 13.9. The summed E-state index contributed by atoms with van der Waals surface area (Å²) in [4.78, 5) is 46.2. The second-order valence-corrected chi connectivity index (χ2v) is 10.1. The first-order chi connectivity index (χ1) is 20.8. The SMILES string of the molecule is COc1cn(C(Cc2ccccc2)c2nc(=O)c3cc(C(N)=O)ccc3[nH]2)c(=O)cc1-c1cc(Cl)ccc1-n1cnnn1. The van der Waals surface area contributed by atoms with E-state index in [-0.39, 0.29) is 22.3 Å². The van der Waals surface area contributed by atoms with Gasteiger partial charge in [0.25, 0.3) is 11.1 Å². The number of aromatic nitrogens is 7. The Morgan fingerprint density at radius 1 is 1.05 bits per heavy atom. The van der Waals surface area contributed by atoms with Crippen LogP contribution in [0.1, 0.15) is 27.8 Å².